The number of ether oxygens (including phenoxy) is 1. The molecule has 4 rings (SSSR count). The van der Waals surface area contributed by atoms with Gasteiger partial charge in [0.25, 0.3) is 5.91 Å². The number of ketones is 1. The molecule has 32 heavy (non-hydrogen) atoms. The zero-order valence-corrected chi connectivity index (χ0v) is 17.4. The van der Waals surface area contributed by atoms with E-state index in [0.717, 1.165) is 5.69 Å². The third-order valence-electron chi connectivity index (χ3n) is 4.99. The lowest BCUT2D eigenvalue weighted by Gasteiger charge is -2.20. The molecular weight excluding hydrogens is 406 g/mol. The van der Waals surface area contributed by atoms with E-state index < -0.39 is 12.0 Å². The summed E-state index contributed by atoms with van der Waals surface area (Å²) in [5.74, 6) is -0.616. The molecule has 0 fully saturated rings. The number of para-hydroxylation sites is 1. The highest BCUT2D eigenvalue weighted by molar-refractivity contribution is 6.38. The fourth-order valence-corrected chi connectivity index (χ4v) is 3.33. The monoisotopic (exact) mass is 427 g/mol. The lowest BCUT2D eigenvalue weighted by molar-refractivity contribution is -0.127. The Morgan fingerprint density at radius 1 is 0.906 bits per heavy atom. The van der Waals surface area contributed by atoms with E-state index in [1.165, 1.54) is 6.92 Å². The maximum absolute atomic E-state index is 12.6. The fourth-order valence-electron chi connectivity index (χ4n) is 3.33. The van der Waals surface area contributed by atoms with E-state index in [-0.39, 0.29) is 23.8 Å². The topological polar surface area (TPSA) is 88.1 Å². The predicted octanol–water partition coefficient (Wildman–Crippen LogP) is 4.07. The van der Waals surface area contributed by atoms with Crippen LogP contribution in [0.1, 0.15) is 23.7 Å². The van der Waals surface area contributed by atoms with E-state index in [4.69, 9.17) is 4.74 Å². The van der Waals surface area contributed by atoms with Crippen LogP contribution in [0.5, 0.6) is 5.75 Å². The van der Waals surface area contributed by atoms with Crippen molar-refractivity contribution in [2.24, 2.45) is 5.10 Å². The third kappa shape index (κ3) is 4.73. The molecule has 1 amide bonds. The zero-order valence-electron chi connectivity index (χ0n) is 17.4. The number of Topliss-reactive ketones (excluding diaryl/α,β-unsaturated/α-hetero) is 1. The number of benzene rings is 3. The maximum atomic E-state index is 12.6. The summed E-state index contributed by atoms with van der Waals surface area (Å²) >= 11 is 0. The minimum absolute atomic E-state index is 0.0843. The van der Waals surface area contributed by atoms with Gasteiger partial charge in [-0.15, -0.1) is 0 Å². The van der Waals surface area contributed by atoms with E-state index >= 15 is 0 Å². The number of rotatable bonds is 6. The summed E-state index contributed by atoms with van der Waals surface area (Å²) in [7, 11) is 0. The second kappa shape index (κ2) is 9.26. The first-order chi connectivity index (χ1) is 15.5. The van der Waals surface area contributed by atoms with Crippen LogP contribution in [0.4, 0.5) is 11.4 Å². The van der Waals surface area contributed by atoms with Crippen molar-refractivity contribution in [3.05, 3.63) is 90.5 Å². The van der Waals surface area contributed by atoms with Crippen molar-refractivity contribution in [3.63, 3.8) is 0 Å². The van der Waals surface area contributed by atoms with Crippen LogP contribution < -0.4 is 15.1 Å². The standard InChI is InChI=1S/C25H21N3O4/c1-17(29)23-16-22(27-28(23)20-10-6-3-7-11-20)25(31)32-21-14-12-19(13-15-21)26-24(30)18-8-4-2-5-9-18/h2-15,23H,16H2,1H3,(H,26,30). The maximum Gasteiger partial charge on any atom is 0.359 e. The number of nitrogens with zero attached hydrogens (tertiary/aromatic N) is 2. The van der Waals surface area contributed by atoms with Gasteiger partial charge in [0.2, 0.25) is 0 Å². The summed E-state index contributed by atoms with van der Waals surface area (Å²) in [4.78, 5) is 37.0. The van der Waals surface area contributed by atoms with Gasteiger partial charge in [0.05, 0.1) is 5.69 Å². The molecule has 0 bridgehead atoms. The summed E-state index contributed by atoms with van der Waals surface area (Å²) in [6.07, 6.45) is 0.175. The number of amides is 1. The van der Waals surface area contributed by atoms with Crippen molar-refractivity contribution in [2.75, 3.05) is 10.3 Å². The van der Waals surface area contributed by atoms with E-state index in [2.05, 4.69) is 10.4 Å². The number of carbonyl (C=O) groups excluding carboxylic acids is 3. The Hall–Kier alpha value is -4.26. The van der Waals surface area contributed by atoms with E-state index in [0.29, 0.717) is 17.0 Å². The van der Waals surface area contributed by atoms with Gasteiger partial charge in [-0.1, -0.05) is 36.4 Å². The van der Waals surface area contributed by atoms with Crippen LogP contribution in [0, 0.1) is 0 Å². The van der Waals surface area contributed by atoms with E-state index in [9.17, 15) is 14.4 Å². The Kier molecular flexibility index (Phi) is 6.07. The average Bonchev–Trinajstić information content (AvgIpc) is 3.28. The van der Waals surface area contributed by atoms with Crippen LogP contribution in [0.2, 0.25) is 0 Å². The van der Waals surface area contributed by atoms with Gasteiger partial charge in [0.1, 0.15) is 17.5 Å². The highest BCUT2D eigenvalue weighted by atomic mass is 16.5. The molecule has 0 saturated heterocycles. The summed E-state index contributed by atoms with van der Waals surface area (Å²) in [6.45, 7) is 1.48. The summed E-state index contributed by atoms with van der Waals surface area (Å²) in [6, 6.07) is 24.0. The van der Waals surface area contributed by atoms with Gasteiger partial charge in [0, 0.05) is 17.7 Å². The van der Waals surface area contributed by atoms with Crippen molar-refractivity contribution in [3.8, 4) is 5.75 Å². The predicted molar refractivity (Wildman–Crippen MR) is 122 cm³/mol. The van der Waals surface area contributed by atoms with Crippen LogP contribution in [-0.4, -0.2) is 29.4 Å². The lowest BCUT2D eigenvalue weighted by atomic mass is 10.1. The van der Waals surface area contributed by atoms with Gasteiger partial charge in [-0.05, 0) is 55.5 Å². The van der Waals surface area contributed by atoms with Crippen LogP contribution >= 0.6 is 0 Å². The number of hydrogen-bond donors (Lipinski definition) is 1. The SMILES string of the molecule is CC(=O)C1CC(C(=O)Oc2ccc(NC(=O)c3ccccc3)cc2)=NN1c1ccccc1. The van der Waals surface area contributed by atoms with Crippen LogP contribution in [-0.2, 0) is 9.59 Å². The van der Waals surface area contributed by atoms with E-state index in [1.807, 2.05) is 36.4 Å². The molecule has 0 saturated carbocycles. The van der Waals surface area contributed by atoms with Gasteiger partial charge >= 0.3 is 5.97 Å². The molecule has 1 atom stereocenters. The Balaban J connectivity index is 1.42. The Morgan fingerprint density at radius 3 is 2.16 bits per heavy atom. The molecule has 7 nitrogen and oxygen atoms in total. The normalized spacial score (nSPS) is 15.1. The molecule has 1 aliphatic rings. The van der Waals surface area contributed by atoms with E-state index in [1.54, 1.807) is 53.5 Å². The zero-order chi connectivity index (χ0) is 22.5. The second-order valence-electron chi connectivity index (χ2n) is 7.29. The van der Waals surface area contributed by atoms with Crippen LogP contribution in [0.25, 0.3) is 0 Å². The average molecular weight is 427 g/mol. The Morgan fingerprint density at radius 2 is 1.53 bits per heavy atom. The minimum atomic E-state index is -0.615. The smallest absolute Gasteiger partial charge is 0.359 e. The first-order valence-electron chi connectivity index (χ1n) is 10.1. The number of carbonyl (C=O) groups is 3. The number of hydrogen-bond acceptors (Lipinski definition) is 6. The molecular formula is C25H21N3O4. The highest BCUT2D eigenvalue weighted by Crippen LogP contribution is 2.26. The van der Waals surface area contributed by atoms with Crippen LogP contribution in [0.3, 0.4) is 0 Å². The number of nitrogens with one attached hydrogen (secondary N) is 1. The summed E-state index contributed by atoms with van der Waals surface area (Å²) < 4.78 is 5.43. The number of anilines is 2. The van der Waals surface area contributed by atoms with Crippen molar-refractivity contribution in [1.29, 1.82) is 0 Å². The number of hydrazone groups is 1. The first-order valence-corrected chi connectivity index (χ1v) is 10.1. The largest absolute Gasteiger partial charge is 0.422 e. The van der Waals surface area contributed by atoms with Gasteiger partial charge in [-0.3, -0.25) is 14.6 Å². The van der Waals surface area contributed by atoms with Crippen molar-refractivity contribution in [2.45, 2.75) is 19.4 Å². The van der Waals surface area contributed by atoms with Crippen molar-refractivity contribution in [1.82, 2.24) is 0 Å². The molecule has 0 aliphatic carbocycles. The Bertz CT molecular complexity index is 1160. The summed E-state index contributed by atoms with van der Waals surface area (Å²) in [5, 5.41) is 8.69. The van der Waals surface area contributed by atoms with Crippen molar-refractivity contribution >= 4 is 34.7 Å². The van der Waals surface area contributed by atoms with Gasteiger partial charge in [-0.2, -0.15) is 5.10 Å². The molecule has 1 unspecified atom stereocenters. The van der Waals surface area contributed by atoms with Crippen molar-refractivity contribution < 1.29 is 19.1 Å². The van der Waals surface area contributed by atoms with Gasteiger partial charge in [0.15, 0.2) is 5.78 Å². The molecule has 1 N–H and O–H groups in total. The van der Waals surface area contributed by atoms with Gasteiger partial charge < -0.3 is 10.1 Å². The first kappa shape index (κ1) is 21.0. The molecule has 0 spiro atoms. The van der Waals surface area contributed by atoms with Gasteiger partial charge in [-0.25, -0.2) is 4.79 Å². The highest BCUT2D eigenvalue weighted by Gasteiger charge is 2.35. The lowest BCUT2D eigenvalue weighted by Crippen LogP contribution is -2.33. The molecule has 3 aromatic rings. The molecule has 0 radical (unpaired) electrons. The quantitative estimate of drug-likeness (QED) is 0.473. The number of esters is 1. The third-order valence-corrected chi connectivity index (χ3v) is 4.99. The molecule has 7 heteroatoms. The molecule has 0 aromatic heterocycles. The summed E-state index contributed by atoms with van der Waals surface area (Å²) in [5.41, 5.74) is 2.03. The Labute approximate surface area is 185 Å². The molecule has 3 aromatic carbocycles. The second-order valence-corrected chi connectivity index (χ2v) is 7.29. The molecule has 160 valence electrons. The minimum Gasteiger partial charge on any atom is -0.422 e. The fraction of sp³-hybridized carbons (Fsp3) is 0.120. The molecule has 1 aliphatic heterocycles. The molecule has 1 heterocycles. The van der Waals surface area contributed by atoms with Crippen LogP contribution in [0.15, 0.2) is 90.0 Å².